The molecule has 0 atom stereocenters. The van der Waals surface area contributed by atoms with Crippen LogP contribution in [0.5, 0.6) is 5.75 Å². The fourth-order valence-corrected chi connectivity index (χ4v) is 1.87. The van der Waals surface area contributed by atoms with E-state index in [1.165, 1.54) is 16.6 Å². The molecule has 6 nitrogen and oxygen atoms in total. The molecule has 0 aliphatic rings. The fourth-order valence-electron chi connectivity index (χ4n) is 1.87. The van der Waals surface area contributed by atoms with E-state index in [2.05, 4.69) is 10.1 Å². The van der Waals surface area contributed by atoms with Gasteiger partial charge in [-0.05, 0) is 18.2 Å². The first-order valence-corrected chi connectivity index (χ1v) is 5.54. The van der Waals surface area contributed by atoms with Crippen molar-refractivity contribution in [3.8, 4) is 17.1 Å². The Labute approximate surface area is 107 Å². The number of hydrogen-bond donors (Lipinski definition) is 2. The molecule has 0 amide bonds. The maximum atomic E-state index is 11.2. The second-order valence-electron chi connectivity index (χ2n) is 3.95. The molecular formula is C13H9N3O3. The molecule has 94 valence electrons. The Morgan fingerprint density at radius 1 is 1.16 bits per heavy atom. The van der Waals surface area contributed by atoms with Crippen molar-refractivity contribution in [2.45, 2.75) is 0 Å². The molecule has 1 aromatic carbocycles. The third-order valence-corrected chi connectivity index (χ3v) is 2.74. The molecule has 0 radical (unpaired) electrons. The van der Waals surface area contributed by atoms with E-state index in [1.807, 2.05) is 0 Å². The number of carboxylic acid groups (broad SMARTS) is 1. The van der Waals surface area contributed by atoms with Crippen molar-refractivity contribution in [2.75, 3.05) is 0 Å². The standard InChI is InChI=1S/C13H9N3O3/c17-10-6-3-7-16-12(10)14-11(15-16)8-4-1-2-5-9(8)13(18)19/h1-7,17H,(H,18,19). The fraction of sp³-hybridized carbons (Fsp3) is 0. The second-order valence-corrected chi connectivity index (χ2v) is 3.95. The van der Waals surface area contributed by atoms with Crippen LogP contribution in [0, 0.1) is 0 Å². The minimum atomic E-state index is -1.04. The highest BCUT2D eigenvalue weighted by Crippen LogP contribution is 2.23. The maximum absolute atomic E-state index is 11.2. The van der Waals surface area contributed by atoms with Crippen LogP contribution < -0.4 is 0 Å². The lowest BCUT2D eigenvalue weighted by Crippen LogP contribution is -1.99. The summed E-state index contributed by atoms with van der Waals surface area (Å²) >= 11 is 0. The van der Waals surface area contributed by atoms with Gasteiger partial charge in [0.05, 0.1) is 5.56 Å². The van der Waals surface area contributed by atoms with Gasteiger partial charge in [0, 0.05) is 11.8 Å². The highest BCUT2D eigenvalue weighted by molar-refractivity contribution is 5.95. The van der Waals surface area contributed by atoms with E-state index in [-0.39, 0.29) is 22.8 Å². The molecule has 0 aliphatic heterocycles. The van der Waals surface area contributed by atoms with E-state index in [1.54, 1.807) is 30.5 Å². The van der Waals surface area contributed by atoms with E-state index < -0.39 is 5.97 Å². The van der Waals surface area contributed by atoms with Gasteiger partial charge in [-0.15, -0.1) is 5.10 Å². The van der Waals surface area contributed by atoms with E-state index in [0.717, 1.165) is 0 Å². The van der Waals surface area contributed by atoms with Crippen LogP contribution in [0.15, 0.2) is 42.6 Å². The normalized spacial score (nSPS) is 10.7. The number of fused-ring (bicyclic) bond motifs is 1. The molecule has 0 spiro atoms. The molecule has 19 heavy (non-hydrogen) atoms. The lowest BCUT2D eigenvalue weighted by molar-refractivity contribution is 0.0697. The molecule has 2 N–H and O–H groups in total. The number of benzene rings is 1. The Morgan fingerprint density at radius 3 is 2.68 bits per heavy atom. The summed E-state index contributed by atoms with van der Waals surface area (Å²) in [6, 6.07) is 9.60. The van der Waals surface area contributed by atoms with Crippen molar-refractivity contribution in [3.05, 3.63) is 48.2 Å². The number of aromatic carboxylic acids is 1. The number of carboxylic acids is 1. The van der Waals surface area contributed by atoms with Gasteiger partial charge in [0.15, 0.2) is 17.2 Å². The van der Waals surface area contributed by atoms with Crippen LogP contribution in [-0.4, -0.2) is 30.8 Å². The first-order chi connectivity index (χ1) is 9.16. The summed E-state index contributed by atoms with van der Waals surface area (Å²) < 4.78 is 1.41. The van der Waals surface area contributed by atoms with Crippen LogP contribution in [0.2, 0.25) is 0 Å². The average molecular weight is 255 g/mol. The Balaban J connectivity index is 2.25. The summed E-state index contributed by atoms with van der Waals surface area (Å²) in [6.07, 6.45) is 1.63. The molecule has 2 aromatic heterocycles. The van der Waals surface area contributed by atoms with Gasteiger partial charge >= 0.3 is 5.97 Å². The largest absolute Gasteiger partial charge is 0.504 e. The maximum Gasteiger partial charge on any atom is 0.336 e. The quantitative estimate of drug-likeness (QED) is 0.729. The lowest BCUT2D eigenvalue weighted by Gasteiger charge is -2.00. The van der Waals surface area contributed by atoms with E-state index in [0.29, 0.717) is 5.56 Å². The van der Waals surface area contributed by atoms with Crippen molar-refractivity contribution in [3.63, 3.8) is 0 Å². The van der Waals surface area contributed by atoms with Crippen LogP contribution in [0.3, 0.4) is 0 Å². The van der Waals surface area contributed by atoms with Gasteiger partial charge in [-0.3, -0.25) is 0 Å². The molecule has 6 heteroatoms. The minimum absolute atomic E-state index is 0.00550. The Morgan fingerprint density at radius 2 is 1.95 bits per heavy atom. The topological polar surface area (TPSA) is 87.7 Å². The predicted molar refractivity (Wildman–Crippen MR) is 67.0 cm³/mol. The third-order valence-electron chi connectivity index (χ3n) is 2.74. The number of aromatic hydroxyl groups is 1. The molecular weight excluding hydrogens is 246 g/mol. The Kier molecular flexibility index (Phi) is 2.42. The van der Waals surface area contributed by atoms with Gasteiger partial charge in [-0.2, -0.15) is 0 Å². The van der Waals surface area contributed by atoms with Crippen LogP contribution in [0.1, 0.15) is 10.4 Å². The Hall–Kier alpha value is -2.89. The molecule has 0 bridgehead atoms. The second kappa shape index (κ2) is 4.09. The molecule has 0 unspecified atom stereocenters. The zero-order valence-electron chi connectivity index (χ0n) is 9.69. The number of nitrogens with zero attached hydrogens (tertiary/aromatic N) is 3. The average Bonchev–Trinajstić information content (AvgIpc) is 2.84. The first kappa shape index (κ1) is 11.2. The number of aromatic nitrogens is 3. The van der Waals surface area contributed by atoms with Crippen LogP contribution in [-0.2, 0) is 0 Å². The van der Waals surface area contributed by atoms with Crippen LogP contribution >= 0.6 is 0 Å². The number of pyridine rings is 1. The van der Waals surface area contributed by atoms with Crippen molar-refractivity contribution in [1.82, 2.24) is 14.6 Å². The zero-order chi connectivity index (χ0) is 13.4. The van der Waals surface area contributed by atoms with Crippen molar-refractivity contribution >= 4 is 11.6 Å². The van der Waals surface area contributed by atoms with E-state index in [4.69, 9.17) is 5.11 Å². The summed E-state index contributed by atoms with van der Waals surface area (Å²) in [5.74, 6) is -0.785. The van der Waals surface area contributed by atoms with Crippen molar-refractivity contribution in [1.29, 1.82) is 0 Å². The van der Waals surface area contributed by atoms with Gasteiger partial charge in [-0.1, -0.05) is 18.2 Å². The molecule has 0 fully saturated rings. The molecule has 3 rings (SSSR count). The van der Waals surface area contributed by atoms with Gasteiger partial charge in [0.1, 0.15) is 0 Å². The smallest absolute Gasteiger partial charge is 0.336 e. The Bertz CT molecular complexity index is 780. The van der Waals surface area contributed by atoms with Gasteiger partial charge in [0.2, 0.25) is 0 Å². The molecule has 3 aromatic rings. The van der Waals surface area contributed by atoms with E-state index in [9.17, 15) is 9.90 Å². The predicted octanol–water partition coefficient (Wildman–Crippen LogP) is 1.80. The van der Waals surface area contributed by atoms with Crippen LogP contribution in [0.4, 0.5) is 0 Å². The van der Waals surface area contributed by atoms with E-state index >= 15 is 0 Å². The minimum Gasteiger partial charge on any atom is -0.504 e. The summed E-state index contributed by atoms with van der Waals surface area (Å²) in [7, 11) is 0. The zero-order valence-corrected chi connectivity index (χ0v) is 9.69. The highest BCUT2D eigenvalue weighted by Gasteiger charge is 2.15. The van der Waals surface area contributed by atoms with Gasteiger partial charge < -0.3 is 10.2 Å². The summed E-state index contributed by atoms with van der Waals surface area (Å²) in [5, 5.41) is 23.0. The van der Waals surface area contributed by atoms with Crippen LogP contribution in [0.25, 0.3) is 17.0 Å². The molecule has 0 saturated carbocycles. The molecule has 0 aliphatic carbocycles. The number of rotatable bonds is 2. The first-order valence-electron chi connectivity index (χ1n) is 5.54. The number of hydrogen-bond acceptors (Lipinski definition) is 4. The molecule has 0 saturated heterocycles. The SMILES string of the molecule is O=C(O)c1ccccc1-c1nc2c(O)cccn2n1. The summed E-state index contributed by atoms with van der Waals surface area (Å²) in [6.45, 7) is 0. The molecule has 2 heterocycles. The van der Waals surface area contributed by atoms with Crippen molar-refractivity contribution in [2.24, 2.45) is 0 Å². The van der Waals surface area contributed by atoms with Gasteiger partial charge in [0.25, 0.3) is 0 Å². The highest BCUT2D eigenvalue weighted by atomic mass is 16.4. The number of carbonyl (C=O) groups is 1. The third kappa shape index (κ3) is 1.79. The monoisotopic (exact) mass is 255 g/mol. The van der Waals surface area contributed by atoms with Crippen molar-refractivity contribution < 1.29 is 15.0 Å². The van der Waals surface area contributed by atoms with Gasteiger partial charge in [-0.25, -0.2) is 14.3 Å². The summed E-state index contributed by atoms with van der Waals surface area (Å²) in [4.78, 5) is 15.3. The lowest BCUT2D eigenvalue weighted by atomic mass is 10.1. The summed E-state index contributed by atoms with van der Waals surface area (Å²) in [5.41, 5.74) is 0.827.